The van der Waals surface area contributed by atoms with Crippen LogP contribution >= 0.6 is 11.6 Å². The summed E-state index contributed by atoms with van der Waals surface area (Å²) in [5, 5.41) is 3.35. The molecule has 10 heteroatoms. The summed E-state index contributed by atoms with van der Waals surface area (Å²) in [6.45, 7) is 6.48. The van der Waals surface area contributed by atoms with Crippen LogP contribution < -0.4 is 9.62 Å². The Labute approximate surface area is 199 Å². The summed E-state index contributed by atoms with van der Waals surface area (Å²) in [6, 6.07) is 10.8. The molecule has 0 saturated carbocycles. The van der Waals surface area contributed by atoms with E-state index in [1.165, 1.54) is 23.1 Å². The Bertz CT molecular complexity index is 1100. The molecule has 0 saturated heterocycles. The highest BCUT2D eigenvalue weighted by atomic mass is 35.5. The zero-order valence-electron chi connectivity index (χ0n) is 19.3. The molecule has 0 aromatic heterocycles. The fourth-order valence-corrected chi connectivity index (χ4v) is 4.06. The van der Waals surface area contributed by atoms with Gasteiger partial charge >= 0.3 is 0 Å². The van der Waals surface area contributed by atoms with E-state index in [-0.39, 0.29) is 18.1 Å². The molecule has 0 aliphatic rings. The van der Waals surface area contributed by atoms with Crippen LogP contribution in [0.15, 0.2) is 48.5 Å². The van der Waals surface area contributed by atoms with Gasteiger partial charge in [0.25, 0.3) is 0 Å². The fraction of sp³-hybridized carbons (Fsp3) is 0.391. The number of hydrogen-bond acceptors (Lipinski definition) is 4. The zero-order chi connectivity index (χ0) is 25.0. The molecule has 0 bridgehead atoms. The Hall–Kier alpha value is -2.65. The van der Waals surface area contributed by atoms with Gasteiger partial charge in [0, 0.05) is 17.1 Å². The minimum atomic E-state index is -3.92. The van der Waals surface area contributed by atoms with Gasteiger partial charge < -0.3 is 10.2 Å². The van der Waals surface area contributed by atoms with Gasteiger partial charge in [0.15, 0.2) is 0 Å². The summed E-state index contributed by atoms with van der Waals surface area (Å²) < 4.78 is 39.4. The minimum Gasteiger partial charge on any atom is -0.350 e. The third-order valence-corrected chi connectivity index (χ3v) is 6.10. The SMILES string of the molecule is C[C@H](C(=O)NC(C)(C)C)N(Cc1ccc(Cl)cc1)C(=O)CN(c1cccc(F)c1)S(C)(=O)=O. The number of sulfonamides is 1. The van der Waals surface area contributed by atoms with E-state index in [1.54, 1.807) is 31.2 Å². The highest BCUT2D eigenvalue weighted by Crippen LogP contribution is 2.20. The summed E-state index contributed by atoms with van der Waals surface area (Å²) in [6.07, 6.45) is 0.935. The van der Waals surface area contributed by atoms with E-state index in [4.69, 9.17) is 11.6 Å². The molecule has 1 N–H and O–H groups in total. The van der Waals surface area contributed by atoms with E-state index in [0.29, 0.717) is 10.6 Å². The van der Waals surface area contributed by atoms with Crippen LogP contribution in [0.5, 0.6) is 0 Å². The Balaban J connectivity index is 2.39. The first kappa shape index (κ1) is 26.6. The van der Waals surface area contributed by atoms with Crippen LogP contribution in [-0.4, -0.2) is 49.5 Å². The van der Waals surface area contributed by atoms with E-state index in [0.717, 1.165) is 16.6 Å². The zero-order valence-corrected chi connectivity index (χ0v) is 20.9. The predicted molar refractivity (Wildman–Crippen MR) is 128 cm³/mol. The number of halogens is 2. The summed E-state index contributed by atoms with van der Waals surface area (Å²) >= 11 is 5.95. The molecule has 0 unspecified atom stereocenters. The molecule has 0 radical (unpaired) electrons. The van der Waals surface area contributed by atoms with Crippen LogP contribution in [-0.2, 0) is 26.2 Å². The number of carbonyl (C=O) groups is 2. The Morgan fingerprint density at radius 1 is 1.12 bits per heavy atom. The van der Waals surface area contributed by atoms with Crippen molar-refractivity contribution < 1.29 is 22.4 Å². The third kappa shape index (κ3) is 8.01. The Morgan fingerprint density at radius 3 is 2.24 bits per heavy atom. The Kier molecular flexibility index (Phi) is 8.48. The number of benzene rings is 2. The topological polar surface area (TPSA) is 86.8 Å². The quantitative estimate of drug-likeness (QED) is 0.604. The van der Waals surface area contributed by atoms with Crippen molar-refractivity contribution in [2.75, 3.05) is 17.1 Å². The molecule has 180 valence electrons. The summed E-state index contributed by atoms with van der Waals surface area (Å²) in [4.78, 5) is 27.5. The smallest absolute Gasteiger partial charge is 0.244 e. The van der Waals surface area contributed by atoms with Gasteiger partial charge in [0.2, 0.25) is 21.8 Å². The number of nitrogens with zero attached hydrogens (tertiary/aromatic N) is 2. The summed E-state index contributed by atoms with van der Waals surface area (Å²) in [5.41, 5.74) is 0.199. The lowest BCUT2D eigenvalue weighted by atomic mass is 10.1. The van der Waals surface area contributed by atoms with Gasteiger partial charge in [-0.2, -0.15) is 0 Å². The summed E-state index contributed by atoms with van der Waals surface area (Å²) in [5.74, 6) is -1.64. The second-order valence-corrected chi connectivity index (χ2v) is 11.2. The number of rotatable bonds is 8. The molecule has 1 atom stereocenters. The average molecular weight is 498 g/mol. The highest BCUT2D eigenvalue weighted by molar-refractivity contribution is 7.92. The molecule has 2 aromatic rings. The lowest BCUT2D eigenvalue weighted by Gasteiger charge is -2.33. The number of anilines is 1. The van der Waals surface area contributed by atoms with Gasteiger partial charge in [-0.25, -0.2) is 12.8 Å². The molecule has 33 heavy (non-hydrogen) atoms. The molecule has 2 amide bonds. The minimum absolute atomic E-state index is 0.0177. The molecule has 0 aliphatic heterocycles. The molecule has 0 heterocycles. The average Bonchev–Trinajstić information content (AvgIpc) is 2.68. The van der Waals surface area contributed by atoms with Crippen molar-refractivity contribution in [1.82, 2.24) is 10.2 Å². The van der Waals surface area contributed by atoms with Gasteiger partial charge in [0.1, 0.15) is 18.4 Å². The number of carbonyl (C=O) groups excluding carboxylic acids is 2. The van der Waals surface area contributed by atoms with Crippen LogP contribution in [0, 0.1) is 5.82 Å². The van der Waals surface area contributed by atoms with Crippen molar-refractivity contribution in [2.45, 2.75) is 45.8 Å². The van der Waals surface area contributed by atoms with Crippen molar-refractivity contribution in [1.29, 1.82) is 0 Å². The van der Waals surface area contributed by atoms with E-state index < -0.39 is 39.9 Å². The number of amides is 2. The standard InChI is InChI=1S/C23H29ClFN3O4S/c1-16(22(30)26-23(2,3)4)27(14-17-9-11-18(24)12-10-17)21(29)15-28(33(5,31)32)20-8-6-7-19(25)13-20/h6-13,16H,14-15H2,1-5H3,(H,26,30)/t16-/m1/s1. The maximum atomic E-state index is 13.7. The van der Waals surface area contributed by atoms with E-state index >= 15 is 0 Å². The van der Waals surface area contributed by atoms with E-state index in [9.17, 15) is 22.4 Å². The normalized spacial score (nSPS) is 12.7. The second kappa shape index (κ2) is 10.5. The molecule has 2 rings (SSSR count). The van der Waals surface area contributed by atoms with Gasteiger partial charge in [-0.1, -0.05) is 29.8 Å². The van der Waals surface area contributed by atoms with Gasteiger partial charge in [0.05, 0.1) is 11.9 Å². The lowest BCUT2D eigenvalue weighted by Crippen LogP contribution is -2.54. The van der Waals surface area contributed by atoms with Crippen LogP contribution in [0.1, 0.15) is 33.3 Å². The molecule has 0 fully saturated rings. The molecule has 2 aromatic carbocycles. The van der Waals surface area contributed by atoms with E-state index in [2.05, 4.69) is 5.32 Å². The van der Waals surface area contributed by atoms with Crippen LogP contribution in [0.25, 0.3) is 0 Å². The molecular weight excluding hydrogens is 469 g/mol. The van der Waals surface area contributed by atoms with Gasteiger partial charge in [-0.05, 0) is 63.6 Å². The maximum Gasteiger partial charge on any atom is 0.244 e. The highest BCUT2D eigenvalue weighted by Gasteiger charge is 2.31. The van der Waals surface area contributed by atoms with Crippen LogP contribution in [0.3, 0.4) is 0 Å². The number of nitrogens with one attached hydrogen (secondary N) is 1. The predicted octanol–water partition coefficient (Wildman–Crippen LogP) is 3.58. The van der Waals surface area contributed by atoms with Crippen molar-refractivity contribution in [3.05, 3.63) is 64.9 Å². The first-order valence-electron chi connectivity index (χ1n) is 10.3. The fourth-order valence-electron chi connectivity index (χ4n) is 3.09. The van der Waals surface area contributed by atoms with E-state index in [1.807, 2.05) is 20.8 Å². The van der Waals surface area contributed by atoms with Crippen molar-refractivity contribution in [3.63, 3.8) is 0 Å². The van der Waals surface area contributed by atoms with Crippen molar-refractivity contribution in [3.8, 4) is 0 Å². The van der Waals surface area contributed by atoms with Crippen LogP contribution in [0.4, 0.5) is 10.1 Å². The van der Waals surface area contributed by atoms with Crippen molar-refractivity contribution in [2.24, 2.45) is 0 Å². The Morgan fingerprint density at radius 2 is 1.73 bits per heavy atom. The largest absolute Gasteiger partial charge is 0.350 e. The third-order valence-electron chi connectivity index (χ3n) is 4.71. The summed E-state index contributed by atoms with van der Waals surface area (Å²) in [7, 11) is -3.92. The monoisotopic (exact) mass is 497 g/mol. The lowest BCUT2D eigenvalue weighted by molar-refractivity contribution is -0.140. The first-order chi connectivity index (χ1) is 15.2. The molecule has 0 spiro atoms. The van der Waals surface area contributed by atoms with Crippen molar-refractivity contribution >= 4 is 39.1 Å². The molecular formula is C23H29ClFN3O4S. The first-order valence-corrected chi connectivity index (χ1v) is 12.5. The van der Waals surface area contributed by atoms with Gasteiger partial charge in [-0.15, -0.1) is 0 Å². The van der Waals surface area contributed by atoms with Gasteiger partial charge in [-0.3, -0.25) is 13.9 Å². The molecule has 0 aliphatic carbocycles. The maximum absolute atomic E-state index is 13.7. The second-order valence-electron chi connectivity index (χ2n) is 8.81. The molecule has 7 nitrogen and oxygen atoms in total. The number of hydrogen-bond donors (Lipinski definition) is 1. The van der Waals surface area contributed by atoms with Crippen LogP contribution in [0.2, 0.25) is 5.02 Å².